The Balaban J connectivity index is 1.64. The molecule has 28 heavy (non-hydrogen) atoms. The summed E-state index contributed by atoms with van der Waals surface area (Å²) in [6, 6.07) is 6.06. The van der Waals surface area contributed by atoms with Crippen LogP contribution in [-0.4, -0.2) is 41.1 Å². The molecule has 2 heterocycles. The molecule has 0 radical (unpaired) electrons. The molecule has 0 bridgehead atoms. The van der Waals surface area contributed by atoms with Crippen molar-refractivity contribution < 1.29 is 27.1 Å². The third-order valence-corrected chi connectivity index (χ3v) is 5.35. The van der Waals surface area contributed by atoms with E-state index in [4.69, 9.17) is 0 Å². The summed E-state index contributed by atoms with van der Waals surface area (Å²) < 4.78 is 53.2. The Kier molecular flexibility index (Phi) is 6.35. The van der Waals surface area contributed by atoms with Crippen LogP contribution in [0.25, 0.3) is 21.3 Å². The van der Waals surface area contributed by atoms with Gasteiger partial charge < -0.3 is 10.1 Å². The number of benzene rings is 1. The number of halogens is 4. The Hall–Kier alpha value is -2.40. The molecule has 0 unspecified atom stereocenters. The largest absolute Gasteiger partial charge is 0.440 e. The van der Waals surface area contributed by atoms with E-state index in [1.165, 1.54) is 41.6 Å². The summed E-state index contributed by atoms with van der Waals surface area (Å²) in [7, 11) is 0. The third-order valence-electron chi connectivity index (χ3n) is 3.47. The molecule has 1 aromatic carbocycles. The fourth-order valence-electron chi connectivity index (χ4n) is 2.30. The summed E-state index contributed by atoms with van der Waals surface area (Å²) in [4.78, 5) is 20.5. The van der Waals surface area contributed by atoms with Crippen molar-refractivity contribution in [3.05, 3.63) is 41.8 Å². The van der Waals surface area contributed by atoms with Gasteiger partial charge in [-0.3, -0.25) is 0 Å². The number of nitrogens with zero attached hydrogens (tertiary/aromatic N) is 2. The van der Waals surface area contributed by atoms with Crippen LogP contribution in [0.3, 0.4) is 0 Å². The van der Waals surface area contributed by atoms with Crippen molar-refractivity contribution in [3.8, 4) is 11.1 Å². The van der Waals surface area contributed by atoms with Gasteiger partial charge in [-0.1, -0.05) is 12.1 Å². The molecule has 2 aromatic heterocycles. The highest BCUT2D eigenvalue weighted by Crippen LogP contribution is 2.37. The lowest BCUT2D eigenvalue weighted by molar-refractivity contribution is -0.160. The van der Waals surface area contributed by atoms with Crippen molar-refractivity contribution in [2.75, 3.05) is 18.9 Å². The van der Waals surface area contributed by atoms with Gasteiger partial charge in [0.1, 0.15) is 22.0 Å². The predicted molar refractivity (Wildman–Crippen MR) is 98.9 cm³/mol. The number of amides is 1. The van der Waals surface area contributed by atoms with E-state index in [2.05, 4.69) is 20.0 Å². The molecule has 0 fully saturated rings. The molecule has 3 rings (SSSR count). The lowest BCUT2D eigenvalue weighted by Gasteiger charge is -2.09. The molecule has 5 nitrogen and oxygen atoms in total. The molecule has 148 valence electrons. The SMILES string of the molecule is O=C(NCCSc1ncnc2scc(-c3ccc(F)cc3)c12)OCC(F)(F)F. The van der Waals surface area contributed by atoms with Gasteiger partial charge >= 0.3 is 12.3 Å². The van der Waals surface area contributed by atoms with Crippen molar-refractivity contribution in [1.29, 1.82) is 0 Å². The van der Waals surface area contributed by atoms with Gasteiger partial charge in [0, 0.05) is 23.2 Å². The highest BCUT2D eigenvalue weighted by molar-refractivity contribution is 7.99. The number of thioether (sulfide) groups is 1. The third kappa shape index (κ3) is 5.32. The molecule has 0 saturated heterocycles. The molecule has 3 aromatic rings. The Bertz CT molecular complexity index is 961. The molecule has 0 aliphatic rings. The fraction of sp³-hybridized carbons (Fsp3) is 0.235. The van der Waals surface area contributed by atoms with Gasteiger partial charge in [0.25, 0.3) is 0 Å². The number of nitrogens with one attached hydrogen (secondary N) is 1. The number of alkyl halides is 3. The maximum Gasteiger partial charge on any atom is 0.422 e. The second-order valence-corrected chi connectivity index (χ2v) is 7.42. The quantitative estimate of drug-likeness (QED) is 0.261. The van der Waals surface area contributed by atoms with E-state index in [0.29, 0.717) is 10.8 Å². The molecular weight excluding hydrogens is 418 g/mol. The summed E-state index contributed by atoms with van der Waals surface area (Å²) in [5, 5.41) is 5.63. The van der Waals surface area contributed by atoms with Crippen LogP contribution in [0.1, 0.15) is 0 Å². The maximum atomic E-state index is 13.2. The van der Waals surface area contributed by atoms with Crippen LogP contribution >= 0.6 is 23.1 Å². The van der Waals surface area contributed by atoms with E-state index < -0.39 is 18.9 Å². The lowest BCUT2D eigenvalue weighted by atomic mass is 10.1. The monoisotopic (exact) mass is 431 g/mol. The van der Waals surface area contributed by atoms with Crippen LogP contribution in [0, 0.1) is 5.82 Å². The van der Waals surface area contributed by atoms with Crippen molar-refractivity contribution in [2.24, 2.45) is 0 Å². The van der Waals surface area contributed by atoms with Gasteiger partial charge in [0.2, 0.25) is 0 Å². The zero-order valence-corrected chi connectivity index (χ0v) is 15.8. The number of ether oxygens (including phenoxy) is 1. The van der Waals surface area contributed by atoms with Gasteiger partial charge in [0.15, 0.2) is 6.61 Å². The van der Waals surface area contributed by atoms with E-state index in [-0.39, 0.29) is 12.4 Å². The Labute approximate surface area is 165 Å². The van der Waals surface area contributed by atoms with E-state index >= 15 is 0 Å². The molecule has 0 aliphatic heterocycles. The average Bonchev–Trinajstić information content (AvgIpc) is 3.08. The van der Waals surface area contributed by atoms with E-state index in [9.17, 15) is 22.4 Å². The molecular formula is C17H13F4N3O2S2. The van der Waals surface area contributed by atoms with Crippen molar-refractivity contribution in [3.63, 3.8) is 0 Å². The topological polar surface area (TPSA) is 64.1 Å². The summed E-state index contributed by atoms with van der Waals surface area (Å²) in [5.74, 6) is 0.0315. The Morgan fingerprint density at radius 1 is 1.21 bits per heavy atom. The lowest BCUT2D eigenvalue weighted by Crippen LogP contribution is -2.30. The van der Waals surface area contributed by atoms with E-state index in [1.807, 2.05) is 5.38 Å². The number of hydrogen-bond acceptors (Lipinski definition) is 6. The number of rotatable bonds is 6. The second kappa shape index (κ2) is 8.74. The summed E-state index contributed by atoms with van der Waals surface area (Å²) in [6.45, 7) is -1.53. The zero-order valence-electron chi connectivity index (χ0n) is 14.1. The van der Waals surface area contributed by atoms with Crippen LogP contribution in [0.5, 0.6) is 0 Å². The minimum Gasteiger partial charge on any atom is -0.440 e. The summed E-state index contributed by atoms with van der Waals surface area (Å²) in [5.41, 5.74) is 1.68. The number of hydrogen-bond donors (Lipinski definition) is 1. The molecule has 11 heteroatoms. The van der Waals surface area contributed by atoms with Gasteiger partial charge in [-0.25, -0.2) is 19.2 Å². The van der Waals surface area contributed by atoms with Gasteiger partial charge in [-0.15, -0.1) is 23.1 Å². The van der Waals surface area contributed by atoms with Crippen LogP contribution in [0.2, 0.25) is 0 Å². The Morgan fingerprint density at radius 2 is 1.96 bits per heavy atom. The fourth-order valence-corrected chi connectivity index (χ4v) is 4.15. The molecule has 0 atom stereocenters. The molecule has 0 aliphatic carbocycles. The highest BCUT2D eigenvalue weighted by Gasteiger charge is 2.29. The Morgan fingerprint density at radius 3 is 2.68 bits per heavy atom. The van der Waals surface area contributed by atoms with Crippen LogP contribution in [-0.2, 0) is 4.74 Å². The first kappa shape index (κ1) is 20.3. The molecule has 1 amide bonds. The smallest absolute Gasteiger partial charge is 0.422 e. The van der Waals surface area contributed by atoms with Crippen molar-refractivity contribution in [2.45, 2.75) is 11.2 Å². The van der Waals surface area contributed by atoms with Crippen LogP contribution in [0.4, 0.5) is 22.4 Å². The van der Waals surface area contributed by atoms with Gasteiger partial charge in [-0.2, -0.15) is 13.2 Å². The van der Waals surface area contributed by atoms with Gasteiger partial charge in [0.05, 0.1) is 5.39 Å². The highest BCUT2D eigenvalue weighted by atomic mass is 32.2. The minimum absolute atomic E-state index is 0.100. The summed E-state index contributed by atoms with van der Waals surface area (Å²) in [6.07, 6.45) is -4.28. The normalized spacial score (nSPS) is 11.6. The van der Waals surface area contributed by atoms with Gasteiger partial charge in [-0.05, 0) is 17.7 Å². The molecule has 0 saturated carbocycles. The predicted octanol–water partition coefficient (Wildman–Crippen LogP) is 4.88. The van der Waals surface area contributed by atoms with E-state index in [0.717, 1.165) is 21.3 Å². The maximum absolute atomic E-state index is 13.2. The first-order valence-corrected chi connectivity index (χ1v) is 9.78. The number of alkyl carbamates (subject to hydrolysis) is 1. The number of carbonyl (C=O) groups is 1. The van der Waals surface area contributed by atoms with E-state index in [1.54, 1.807) is 12.1 Å². The molecule has 1 N–H and O–H groups in total. The van der Waals surface area contributed by atoms with Crippen molar-refractivity contribution in [1.82, 2.24) is 15.3 Å². The van der Waals surface area contributed by atoms with Crippen LogP contribution < -0.4 is 5.32 Å². The van der Waals surface area contributed by atoms with Crippen molar-refractivity contribution >= 4 is 39.4 Å². The minimum atomic E-state index is -4.56. The molecule has 0 spiro atoms. The first-order valence-electron chi connectivity index (χ1n) is 7.92. The zero-order chi connectivity index (χ0) is 20.1. The summed E-state index contributed by atoms with van der Waals surface area (Å²) >= 11 is 2.75. The number of aromatic nitrogens is 2. The van der Waals surface area contributed by atoms with Crippen LogP contribution in [0.15, 0.2) is 41.0 Å². The number of fused-ring (bicyclic) bond motifs is 1. The number of carbonyl (C=O) groups excluding carboxylic acids is 1. The standard InChI is InChI=1S/C17H13F4N3O2S2/c18-11-3-1-10(2-4-11)12-7-28-15-13(12)14(23-9-24-15)27-6-5-22-16(25)26-8-17(19,20)21/h1-4,7,9H,5-6,8H2,(H,22,25). The first-order chi connectivity index (χ1) is 13.3. The second-order valence-electron chi connectivity index (χ2n) is 5.48. The average molecular weight is 431 g/mol. The number of thiophene rings is 1.